The van der Waals surface area contributed by atoms with Crippen LogP contribution in [-0.4, -0.2) is 31.7 Å². The number of hydrogen-bond donors (Lipinski definition) is 1. The molecule has 7 nitrogen and oxygen atoms in total. The zero-order valence-corrected chi connectivity index (χ0v) is 17.6. The van der Waals surface area contributed by atoms with Crippen molar-refractivity contribution in [1.29, 1.82) is 0 Å². The van der Waals surface area contributed by atoms with Crippen LogP contribution in [0, 0.1) is 0 Å². The van der Waals surface area contributed by atoms with Gasteiger partial charge in [0.1, 0.15) is 5.75 Å². The molecule has 158 valence electrons. The molecule has 7 heteroatoms. The number of fused-ring (bicyclic) bond motifs is 1. The SMILES string of the molecule is COc1ccc(CN[C@H]2CCCc3c2cnn3-c2ccccn2)cc1Cn1cccn1. The van der Waals surface area contributed by atoms with Gasteiger partial charge in [0.05, 0.1) is 25.5 Å². The molecule has 1 aliphatic carbocycles. The van der Waals surface area contributed by atoms with E-state index in [2.05, 4.69) is 32.6 Å². The van der Waals surface area contributed by atoms with Crippen molar-refractivity contribution in [3.63, 3.8) is 0 Å². The summed E-state index contributed by atoms with van der Waals surface area (Å²) in [7, 11) is 1.71. The number of rotatable bonds is 7. The molecular weight excluding hydrogens is 388 g/mol. The summed E-state index contributed by atoms with van der Waals surface area (Å²) in [4.78, 5) is 4.47. The van der Waals surface area contributed by atoms with Crippen molar-refractivity contribution in [2.24, 2.45) is 0 Å². The van der Waals surface area contributed by atoms with Gasteiger partial charge in [-0.15, -0.1) is 0 Å². The summed E-state index contributed by atoms with van der Waals surface area (Å²) < 4.78 is 9.45. The van der Waals surface area contributed by atoms with E-state index in [4.69, 9.17) is 4.74 Å². The molecule has 3 heterocycles. The van der Waals surface area contributed by atoms with Crippen LogP contribution in [0.15, 0.2) is 67.3 Å². The maximum absolute atomic E-state index is 5.56. The molecule has 0 unspecified atom stereocenters. The first-order chi connectivity index (χ1) is 15.3. The zero-order valence-electron chi connectivity index (χ0n) is 17.6. The predicted octanol–water partition coefficient (Wildman–Crippen LogP) is 3.69. The highest BCUT2D eigenvalue weighted by Gasteiger charge is 2.24. The molecule has 0 bridgehead atoms. The number of methoxy groups -OCH3 is 1. The van der Waals surface area contributed by atoms with E-state index < -0.39 is 0 Å². The van der Waals surface area contributed by atoms with Crippen molar-refractivity contribution >= 4 is 0 Å². The minimum Gasteiger partial charge on any atom is -0.496 e. The third-order valence-corrected chi connectivity index (χ3v) is 5.84. The molecule has 0 amide bonds. The van der Waals surface area contributed by atoms with E-state index in [1.807, 2.05) is 58.3 Å². The van der Waals surface area contributed by atoms with Gasteiger partial charge in [0.2, 0.25) is 0 Å². The summed E-state index contributed by atoms with van der Waals surface area (Å²) in [6, 6.07) is 14.5. The van der Waals surface area contributed by atoms with Crippen molar-refractivity contribution in [3.05, 3.63) is 89.6 Å². The first kappa shape index (κ1) is 19.5. The number of ether oxygens (including phenoxy) is 1. The lowest BCUT2D eigenvalue weighted by molar-refractivity contribution is 0.406. The van der Waals surface area contributed by atoms with Crippen molar-refractivity contribution in [1.82, 2.24) is 29.9 Å². The highest BCUT2D eigenvalue weighted by molar-refractivity contribution is 5.38. The van der Waals surface area contributed by atoms with E-state index in [9.17, 15) is 0 Å². The lowest BCUT2D eigenvalue weighted by atomic mass is 9.92. The van der Waals surface area contributed by atoms with Crippen LogP contribution in [0.5, 0.6) is 5.75 Å². The molecule has 0 spiro atoms. The fourth-order valence-electron chi connectivity index (χ4n) is 4.32. The van der Waals surface area contributed by atoms with E-state index in [0.29, 0.717) is 6.54 Å². The number of nitrogens with one attached hydrogen (secondary N) is 1. The van der Waals surface area contributed by atoms with E-state index in [0.717, 1.165) is 42.9 Å². The highest BCUT2D eigenvalue weighted by Crippen LogP contribution is 2.31. The van der Waals surface area contributed by atoms with Crippen LogP contribution in [-0.2, 0) is 19.5 Å². The van der Waals surface area contributed by atoms with Crippen molar-refractivity contribution in [2.45, 2.75) is 38.4 Å². The Kier molecular flexibility index (Phi) is 5.50. The number of nitrogens with zero attached hydrogens (tertiary/aromatic N) is 5. The highest BCUT2D eigenvalue weighted by atomic mass is 16.5. The maximum atomic E-state index is 5.56. The Morgan fingerprint density at radius 1 is 1.13 bits per heavy atom. The van der Waals surface area contributed by atoms with Gasteiger partial charge in [0, 0.05) is 42.3 Å². The molecule has 5 rings (SSSR count). The predicted molar refractivity (Wildman–Crippen MR) is 118 cm³/mol. The number of hydrogen-bond acceptors (Lipinski definition) is 5. The van der Waals surface area contributed by atoms with E-state index in [1.54, 1.807) is 13.3 Å². The Balaban J connectivity index is 1.33. The quantitative estimate of drug-likeness (QED) is 0.500. The van der Waals surface area contributed by atoms with Crippen LogP contribution in [0.3, 0.4) is 0 Å². The monoisotopic (exact) mass is 414 g/mol. The van der Waals surface area contributed by atoms with Gasteiger partial charge in [-0.3, -0.25) is 4.68 Å². The molecule has 0 aliphatic heterocycles. The molecule has 1 N–H and O–H groups in total. The second kappa shape index (κ2) is 8.73. The van der Waals surface area contributed by atoms with Gasteiger partial charge in [-0.05, 0) is 55.2 Å². The van der Waals surface area contributed by atoms with Gasteiger partial charge in [-0.25, -0.2) is 9.67 Å². The fourth-order valence-corrected chi connectivity index (χ4v) is 4.32. The van der Waals surface area contributed by atoms with Gasteiger partial charge < -0.3 is 10.1 Å². The standard InChI is InChI=1S/C24H26N6O/c1-31-23-10-9-18(14-19(23)17-29-13-5-12-27-29)15-26-21-6-4-7-22-20(21)16-28-30(22)24-8-2-3-11-25-24/h2-3,5,8-14,16,21,26H,4,6-7,15,17H2,1H3/t21-/m0/s1. The molecule has 1 atom stereocenters. The Morgan fingerprint density at radius 3 is 2.90 bits per heavy atom. The van der Waals surface area contributed by atoms with E-state index >= 15 is 0 Å². The molecule has 3 aromatic heterocycles. The van der Waals surface area contributed by atoms with Crippen LogP contribution in [0.25, 0.3) is 5.82 Å². The van der Waals surface area contributed by atoms with Crippen molar-refractivity contribution < 1.29 is 4.74 Å². The van der Waals surface area contributed by atoms with Crippen LogP contribution in [0.4, 0.5) is 0 Å². The van der Waals surface area contributed by atoms with E-state index in [1.165, 1.54) is 16.8 Å². The van der Waals surface area contributed by atoms with Crippen molar-refractivity contribution in [3.8, 4) is 11.6 Å². The summed E-state index contributed by atoms with van der Waals surface area (Å²) >= 11 is 0. The van der Waals surface area contributed by atoms with Crippen LogP contribution in [0.1, 0.15) is 41.3 Å². The summed E-state index contributed by atoms with van der Waals surface area (Å²) in [6.45, 7) is 1.48. The van der Waals surface area contributed by atoms with Gasteiger partial charge >= 0.3 is 0 Å². The zero-order chi connectivity index (χ0) is 21.0. The average Bonchev–Trinajstić information content (AvgIpc) is 3.48. The Labute approximate surface area is 181 Å². The molecule has 31 heavy (non-hydrogen) atoms. The van der Waals surface area contributed by atoms with Crippen LogP contribution >= 0.6 is 0 Å². The molecule has 0 radical (unpaired) electrons. The third-order valence-electron chi connectivity index (χ3n) is 5.84. The fraction of sp³-hybridized carbons (Fsp3) is 0.292. The van der Waals surface area contributed by atoms with Crippen LogP contribution < -0.4 is 10.1 Å². The molecule has 0 saturated heterocycles. The lowest BCUT2D eigenvalue weighted by Gasteiger charge is -2.24. The Bertz CT molecular complexity index is 1140. The minimum atomic E-state index is 0.290. The molecule has 1 aromatic carbocycles. The maximum Gasteiger partial charge on any atom is 0.153 e. The second-order valence-electron chi connectivity index (χ2n) is 7.82. The first-order valence-corrected chi connectivity index (χ1v) is 10.7. The summed E-state index contributed by atoms with van der Waals surface area (Å²) in [5.74, 6) is 1.76. The largest absolute Gasteiger partial charge is 0.496 e. The van der Waals surface area contributed by atoms with Gasteiger partial charge in [-0.1, -0.05) is 12.1 Å². The summed E-state index contributed by atoms with van der Waals surface area (Å²) in [5.41, 5.74) is 4.89. The van der Waals surface area contributed by atoms with Crippen LogP contribution in [0.2, 0.25) is 0 Å². The lowest BCUT2D eigenvalue weighted by Crippen LogP contribution is -2.25. The number of pyridine rings is 1. The Morgan fingerprint density at radius 2 is 2.10 bits per heavy atom. The van der Waals surface area contributed by atoms with Gasteiger partial charge in [0.15, 0.2) is 5.82 Å². The molecule has 0 fully saturated rings. The Hall–Kier alpha value is -3.45. The van der Waals surface area contributed by atoms with Gasteiger partial charge in [0.25, 0.3) is 0 Å². The molecular formula is C24H26N6O. The normalized spacial score (nSPS) is 15.6. The second-order valence-corrected chi connectivity index (χ2v) is 7.82. The third kappa shape index (κ3) is 4.09. The van der Waals surface area contributed by atoms with Gasteiger partial charge in [-0.2, -0.15) is 10.2 Å². The van der Waals surface area contributed by atoms with E-state index in [-0.39, 0.29) is 6.04 Å². The smallest absolute Gasteiger partial charge is 0.153 e. The number of benzene rings is 1. The minimum absolute atomic E-state index is 0.290. The molecule has 1 aliphatic rings. The molecule has 4 aromatic rings. The first-order valence-electron chi connectivity index (χ1n) is 10.7. The topological polar surface area (TPSA) is 69.8 Å². The summed E-state index contributed by atoms with van der Waals surface area (Å²) in [5, 5.41) is 12.7. The van der Waals surface area contributed by atoms with Crippen molar-refractivity contribution in [2.75, 3.05) is 7.11 Å². The molecule has 0 saturated carbocycles. The average molecular weight is 415 g/mol. The number of aromatic nitrogens is 5. The summed E-state index contributed by atoms with van der Waals surface area (Å²) in [6.07, 6.45) is 10.8.